The summed E-state index contributed by atoms with van der Waals surface area (Å²) in [6.07, 6.45) is 0. The molecule has 2 aromatic carbocycles. The van der Waals surface area contributed by atoms with Crippen molar-refractivity contribution in [2.24, 2.45) is 0 Å². The van der Waals surface area contributed by atoms with Crippen LogP contribution in [0.3, 0.4) is 0 Å². The van der Waals surface area contributed by atoms with Gasteiger partial charge in [0.1, 0.15) is 5.75 Å². The van der Waals surface area contributed by atoms with Crippen molar-refractivity contribution in [3.05, 3.63) is 59.1 Å². The molecule has 0 saturated carbocycles. The van der Waals surface area contributed by atoms with Crippen molar-refractivity contribution >= 4 is 27.5 Å². The predicted octanol–water partition coefficient (Wildman–Crippen LogP) is 1.96. The number of rotatable bonds is 10. The second-order valence-electron chi connectivity index (χ2n) is 5.55. The van der Waals surface area contributed by atoms with Crippen molar-refractivity contribution in [1.29, 1.82) is 0 Å². The fourth-order valence-corrected chi connectivity index (χ4v) is 3.22. The van der Waals surface area contributed by atoms with Gasteiger partial charge >= 0.3 is 0 Å². The van der Waals surface area contributed by atoms with Crippen LogP contribution in [0.1, 0.15) is 5.56 Å². The van der Waals surface area contributed by atoms with Gasteiger partial charge in [-0.25, -0.2) is 13.1 Å². The standard InChI is InChI=1S/C18H21ClN2O5S/c1-25-11-10-21-27(23,24)17-8-2-14(3-9-17)12-20-18(22)13-26-16-6-4-15(19)5-7-16/h2-9,21H,10-13H2,1H3,(H,20,22). The summed E-state index contributed by atoms with van der Waals surface area (Å²) < 4.78 is 36.7. The highest BCUT2D eigenvalue weighted by atomic mass is 35.5. The molecule has 1 amide bonds. The second-order valence-corrected chi connectivity index (χ2v) is 7.76. The number of methoxy groups -OCH3 is 1. The highest BCUT2D eigenvalue weighted by molar-refractivity contribution is 7.89. The SMILES string of the molecule is COCCNS(=O)(=O)c1ccc(CNC(=O)COc2ccc(Cl)cc2)cc1. The number of nitrogens with one attached hydrogen (secondary N) is 2. The number of benzene rings is 2. The van der Waals surface area contributed by atoms with Gasteiger partial charge in [-0.1, -0.05) is 23.7 Å². The van der Waals surface area contributed by atoms with E-state index in [1.807, 2.05) is 0 Å². The molecule has 0 saturated heterocycles. The first-order valence-corrected chi connectivity index (χ1v) is 9.99. The van der Waals surface area contributed by atoms with Crippen LogP contribution in [-0.2, 0) is 26.1 Å². The molecular formula is C18H21ClN2O5S. The van der Waals surface area contributed by atoms with Crippen LogP contribution in [-0.4, -0.2) is 41.2 Å². The third-order valence-electron chi connectivity index (χ3n) is 3.51. The molecule has 0 aromatic heterocycles. The largest absolute Gasteiger partial charge is 0.484 e. The number of sulfonamides is 1. The van der Waals surface area contributed by atoms with Gasteiger partial charge in [0.05, 0.1) is 11.5 Å². The maximum atomic E-state index is 12.1. The maximum absolute atomic E-state index is 12.1. The minimum Gasteiger partial charge on any atom is -0.484 e. The average molecular weight is 413 g/mol. The molecule has 27 heavy (non-hydrogen) atoms. The quantitative estimate of drug-likeness (QED) is 0.582. The monoisotopic (exact) mass is 412 g/mol. The summed E-state index contributed by atoms with van der Waals surface area (Å²) in [7, 11) is -2.07. The fourth-order valence-electron chi connectivity index (χ4n) is 2.08. The van der Waals surface area contributed by atoms with E-state index in [1.54, 1.807) is 36.4 Å². The van der Waals surface area contributed by atoms with E-state index in [4.69, 9.17) is 21.1 Å². The molecular weight excluding hydrogens is 392 g/mol. The molecule has 7 nitrogen and oxygen atoms in total. The van der Waals surface area contributed by atoms with E-state index in [0.717, 1.165) is 5.56 Å². The van der Waals surface area contributed by atoms with Gasteiger partial charge in [-0.2, -0.15) is 0 Å². The van der Waals surface area contributed by atoms with Crippen LogP contribution >= 0.6 is 11.6 Å². The number of amides is 1. The summed E-state index contributed by atoms with van der Waals surface area (Å²) in [6, 6.07) is 13.0. The lowest BCUT2D eigenvalue weighted by atomic mass is 10.2. The van der Waals surface area contributed by atoms with Gasteiger partial charge in [-0.3, -0.25) is 4.79 Å². The molecule has 0 aliphatic heterocycles. The van der Waals surface area contributed by atoms with Crippen LogP contribution in [0, 0.1) is 0 Å². The fraction of sp³-hybridized carbons (Fsp3) is 0.278. The molecule has 0 heterocycles. The van der Waals surface area contributed by atoms with Crippen LogP contribution in [0.2, 0.25) is 5.02 Å². The normalized spacial score (nSPS) is 11.2. The molecule has 0 aliphatic rings. The van der Waals surface area contributed by atoms with E-state index in [-0.39, 0.29) is 30.5 Å². The number of ether oxygens (including phenoxy) is 2. The Hall–Kier alpha value is -2.13. The summed E-state index contributed by atoms with van der Waals surface area (Å²) in [5.74, 6) is 0.257. The van der Waals surface area contributed by atoms with E-state index in [9.17, 15) is 13.2 Å². The molecule has 0 atom stereocenters. The summed E-state index contributed by atoms with van der Waals surface area (Å²) >= 11 is 5.78. The number of hydrogen-bond donors (Lipinski definition) is 2. The highest BCUT2D eigenvalue weighted by Gasteiger charge is 2.13. The highest BCUT2D eigenvalue weighted by Crippen LogP contribution is 2.15. The van der Waals surface area contributed by atoms with Gasteiger partial charge in [0, 0.05) is 25.2 Å². The number of halogens is 1. The zero-order valence-corrected chi connectivity index (χ0v) is 16.3. The molecule has 0 unspecified atom stereocenters. The topological polar surface area (TPSA) is 93.7 Å². The minimum absolute atomic E-state index is 0.127. The third kappa shape index (κ3) is 7.18. The Labute approximate surface area is 163 Å². The molecule has 2 N–H and O–H groups in total. The summed E-state index contributed by atoms with van der Waals surface area (Å²) in [5, 5.41) is 3.30. The van der Waals surface area contributed by atoms with E-state index < -0.39 is 10.0 Å². The van der Waals surface area contributed by atoms with Gasteiger partial charge in [-0.15, -0.1) is 0 Å². The summed E-state index contributed by atoms with van der Waals surface area (Å²) in [5.41, 5.74) is 0.769. The number of hydrogen-bond acceptors (Lipinski definition) is 5. The lowest BCUT2D eigenvalue weighted by Gasteiger charge is -2.09. The Morgan fingerprint density at radius 2 is 1.74 bits per heavy atom. The molecule has 2 aromatic rings. The van der Waals surface area contributed by atoms with E-state index in [0.29, 0.717) is 17.4 Å². The van der Waals surface area contributed by atoms with E-state index in [2.05, 4.69) is 10.0 Å². The van der Waals surface area contributed by atoms with Crippen LogP contribution < -0.4 is 14.8 Å². The minimum atomic E-state index is -3.57. The van der Waals surface area contributed by atoms with Crippen molar-refractivity contribution < 1.29 is 22.7 Å². The van der Waals surface area contributed by atoms with Crippen LogP contribution in [0.25, 0.3) is 0 Å². The van der Waals surface area contributed by atoms with Crippen LogP contribution in [0.5, 0.6) is 5.75 Å². The number of carbonyl (C=O) groups is 1. The van der Waals surface area contributed by atoms with E-state index in [1.165, 1.54) is 19.2 Å². The Morgan fingerprint density at radius 1 is 1.07 bits per heavy atom. The van der Waals surface area contributed by atoms with Crippen molar-refractivity contribution in [3.63, 3.8) is 0 Å². The molecule has 0 spiro atoms. The smallest absolute Gasteiger partial charge is 0.258 e. The predicted molar refractivity (Wildman–Crippen MR) is 102 cm³/mol. The first kappa shape index (κ1) is 21.2. The third-order valence-corrected chi connectivity index (χ3v) is 5.23. The molecule has 9 heteroatoms. The van der Waals surface area contributed by atoms with Gasteiger partial charge in [0.15, 0.2) is 6.61 Å². The lowest BCUT2D eigenvalue weighted by Crippen LogP contribution is -2.28. The van der Waals surface area contributed by atoms with Gasteiger partial charge in [0.25, 0.3) is 5.91 Å². The summed E-state index contributed by atoms with van der Waals surface area (Å²) in [6.45, 7) is 0.628. The number of carbonyl (C=O) groups excluding carboxylic acids is 1. The Balaban J connectivity index is 1.80. The second kappa shape index (κ2) is 10.3. The van der Waals surface area contributed by atoms with Gasteiger partial charge < -0.3 is 14.8 Å². The van der Waals surface area contributed by atoms with Crippen molar-refractivity contribution in [3.8, 4) is 5.75 Å². The maximum Gasteiger partial charge on any atom is 0.258 e. The Bertz CT molecular complexity index is 839. The Morgan fingerprint density at radius 3 is 2.37 bits per heavy atom. The first-order chi connectivity index (χ1) is 12.9. The van der Waals surface area contributed by atoms with E-state index >= 15 is 0 Å². The molecule has 0 bridgehead atoms. The van der Waals surface area contributed by atoms with Crippen LogP contribution in [0.4, 0.5) is 0 Å². The molecule has 2 rings (SSSR count). The Kier molecular flexibility index (Phi) is 8.05. The lowest BCUT2D eigenvalue weighted by molar-refractivity contribution is -0.123. The van der Waals surface area contributed by atoms with Gasteiger partial charge in [-0.05, 0) is 42.0 Å². The van der Waals surface area contributed by atoms with Crippen molar-refractivity contribution in [2.45, 2.75) is 11.4 Å². The zero-order valence-electron chi connectivity index (χ0n) is 14.8. The first-order valence-electron chi connectivity index (χ1n) is 8.13. The van der Waals surface area contributed by atoms with Gasteiger partial charge in [0.2, 0.25) is 10.0 Å². The molecule has 146 valence electrons. The zero-order chi connectivity index (χ0) is 19.7. The van der Waals surface area contributed by atoms with Crippen LogP contribution in [0.15, 0.2) is 53.4 Å². The molecule has 0 fully saturated rings. The van der Waals surface area contributed by atoms with Crippen molar-refractivity contribution in [2.75, 3.05) is 26.9 Å². The average Bonchev–Trinajstić information content (AvgIpc) is 2.66. The summed E-state index contributed by atoms with van der Waals surface area (Å²) in [4.78, 5) is 12.0. The molecule has 0 radical (unpaired) electrons. The molecule has 0 aliphatic carbocycles. The van der Waals surface area contributed by atoms with Crippen molar-refractivity contribution in [1.82, 2.24) is 10.0 Å².